The number of nitrogens with zero attached hydrogens (tertiary/aromatic N) is 1. The average molecular weight is 505 g/mol. The van der Waals surface area contributed by atoms with E-state index in [9.17, 15) is 19.8 Å². The summed E-state index contributed by atoms with van der Waals surface area (Å²) in [6.07, 6.45) is 2.49. The number of esters is 1. The van der Waals surface area contributed by atoms with Gasteiger partial charge in [-0.15, -0.1) is 11.3 Å². The summed E-state index contributed by atoms with van der Waals surface area (Å²) < 4.78 is 5.83. The van der Waals surface area contributed by atoms with Gasteiger partial charge in [0.2, 0.25) is 0 Å². The SMILES string of the molecule is CC(=Cc1csc(C)n1)[C@H]1C/C=C(/C)CC2NC2[C@@H](C)[C@H](O)[C@@H](C)C(=O)C(C)(C)[C@@H](O)CC(=O)O1. The molecule has 1 saturated heterocycles. The van der Waals surface area contributed by atoms with E-state index >= 15 is 0 Å². The van der Waals surface area contributed by atoms with E-state index < -0.39 is 35.6 Å². The Kier molecular flexibility index (Phi) is 8.73. The number of carbonyl (C=O) groups is 2. The lowest BCUT2D eigenvalue weighted by Crippen LogP contribution is -2.46. The Morgan fingerprint density at radius 2 is 1.91 bits per heavy atom. The lowest BCUT2D eigenvalue weighted by Gasteiger charge is -2.34. The van der Waals surface area contributed by atoms with Crippen molar-refractivity contribution in [1.82, 2.24) is 10.3 Å². The van der Waals surface area contributed by atoms with Gasteiger partial charge in [0.15, 0.2) is 0 Å². The highest BCUT2D eigenvalue weighted by Crippen LogP contribution is 2.35. The minimum absolute atomic E-state index is 0.114. The van der Waals surface area contributed by atoms with Crippen LogP contribution in [-0.4, -0.2) is 57.3 Å². The lowest BCUT2D eigenvalue weighted by molar-refractivity contribution is -0.154. The van der Waals surface area contributed by atoms with Gasteiger partial charge in [-0.2, -0.15) is 0 Å². The molecule has 2 unspecified atom stereocenters. The molecule has 0 spiro atoms. The maximum atomic E-state index is 13.3. The highest BCUT2D eigenvalue weighted by Gasteiger charge is 2.47. The van der Waals surface area contributed by atoms with Crippen molar-refractivity contribution in [2.75, 3.05) is 0 Å². The normalized spacial score (nSPS) is 36.7. The van der Waals surface area contributed by atoms with E-state index in [1.807, 2.05) is 32.2 Å². The number of thiazole rings is 1. The Bertz CT molecular complexity index is 997. The summed E-state index contributed by atoms with van der Waals surface area (Å²) in [7, 11) is 0. The first-order valence-electron chi connectivity index (χ1n) is 12.4. The van der Waals surface area contributed by atoms with Crippen molar-refractivity contribution in [2.24, 2.45) is 17.3 Å². The molecule has 2 aliphatic heterocycles. The average Bonchev–Trinajstić information content (AvgIpc) is 3.43. The molecule has 2 aliphatic rings. The summed E-state index contributed by atoms with van der Waals surface area (Å²) in [5, 5.41) is 28.2. The first-order valence-corrected chi connectivity index (χ1v) is 13.3. The van der Waals surface area contributed by atoms with Gasteiger partial charge < -0.3 is 20.3 Å². The van der Waals surface area contributed by atoms with Crippen molar-refractivity contribution in [3.8, 4) is 0 Å². The third-order valence-electron chi connectivity index (χ3n) is 7.61. The van der Waals surface area contributed by atoms with Crippen LogP contribution < -0.4 is 5.32 Å². The molecular formula is C27H40N2O5S. The Hall–Kier alpha value is -1.87. The minimum Gasteiger partial charge on any atom is -0.457 e. The molecular weight excluding hydrogens is 464 g/mol. The number of carbonyl (C=O) groups excluding carboxylic acids is 2. The van der Waals surface area contributed by atoms with Gasteiger partial charge in [-0.05, 0) is 44.8 Å². The second-order valence-corrected chi connectivity index (χ2v) is 12.0. The molecule has 3 heterocycles. The van der Waals surface area contributed by atoms with E-state index in [2.05, 4.69) is 23.3 Å². The standard InChI is InChI=1S/C27H40N2O5S/c1-14-8-9-21(15(2)11-19-13-35-18(5)28-19)34-23(31)12-22(30)27(6,7)26(33)17(4)25(32)16(3)24-20(10-14)29-24/h8,11,13,16-17,20-22,24-25,29-30,32H,9-10,12H2,1-7H3/b14-8-,15-11?/t16-,17-,20?,21-,22+,24?,25+/m1/s1. The molecule has 0 saturated carbocycles. The Balaban J connectivity index is 1.89. The Morgan fingerprint density at radius 3 is 2.54 bits per heavy atom. The first kappa shape index (κ1) is 27.7. The summed E-state index contributed by atoms with van der Waals surface area (Å²) in [6, 6.07) is 0.369. The molecule has 8 heteroatoms. The highest BCUT2D eigenvalue weighted by molar-refractivity contribution is 7.09. The molecule has 3 N–H and O–H groups in total. The summed E-state index contributed by atoms with van der Waals surface area (Å²) in [5.74, 6) is -1.60. The number of hydrogen-bond donors (Lipinski definition) is 3. The van der Waals surface area contributed by atoms with Crippen molar-refractivity contribution >= 4 is 29.2 Å². The van der Waals surface area contributed by atoms with E-state index in [1.54, 1.807) is 32.1 Å². The summed E-state index contributed by atoms with van der Waals surface area (Å²) in [6.45, 7) is 12.8. The monoisotopic (exact) mass is 504 g/mol. The lowest BCUT2D eigenvalue weighted by atomic mass is 9.73. The zero-order chi connectivity index (χ0) is 26.1. The smallest absolute Gasteiger partial charge is 0.309 e. The number of hydrogen-bond acceptors (Lipinski definition) is 8. The van der Waals surface area contributed by atoms with Crippen LogP contribution in [0, 0.1) is 24.2 Å². The van der Waals surface area contributed by atoms with E-state index in [1.165, 1.54) is 5.57 Å². The van der Waals surface area contributed by atoms with E-state index in [0.29, 0.717) is 6.42 Å². The van der Waals surface area contributed by atoms with Crippen LogP contribution >= 0.6 is 11.3 Å². The van der Waals surface area contributed by atoms with Crippen molar-refractivity contribution in [1.29, 1.82) is 0 Å². The van der Waals surface area contributed by atoms with Crippen molar-refractivity contribution in [3.05, 3.63) is 33.3 Å². The van der Waals surface area contributed by atoms with E-state index in [0.717, 1.165) is 22.7 Å². The number of fused-ring (bicyclic) bond motifs is 1. The van der Waals surface area contributed by atoms with Crippen LogP contribution in [0.3, 0.4) is 0 Å². The molecule has 0 radical (unpaired) electrons. The molecule has 7 atom stereocenters. The molecule has 3 rings (SSSR count). The van der Waals surface area contributed by atoms with Crippen molar-refractivity contribution < 1.29 is 24.5 Å². The number of aromatic nitrogens is 1. The van der Waals surface area contributed by atoms with Gasteiger partial charge in [0.25, 0.3) is 0 Å². The van der Waals surface area contributed by atoms with Gasteiger partial charge in [-0.3, -0.25) is 9.59 Å². The zero-order valence-electron chi connectivity index (χ0n) is 21.9. The van der Waals surface area contributed by atoms with Gasteiger partial charge in [0, 0.05) is 29.8 Å². The molecule has 35 heavy (non-hydrogen) atoms. The number of cyclic esters (lactones) is 1. The number of aliphatic hydroxyl groups excluding tert-OH is 2. The number of aliphatic hydroxyl groups is 2. The number of Topliss-reactive ketones (excluding diaryl/α,β-unsaturated/α-hetero) is 1. The molecule has 1 aromatic rings. The fourth-order valence-corrected chi connectivity index (χ4v) is 5.50. The van der Waals surface area contributed by atoms with Gasteiger partial charge in [-0.25, -0.2) is 4.98 Å². The second-order valence-electron chi connectivity index (χ2n) is 10.9. The molecule has 1 aromatic heterocycles. The van der Waals surface area contributed by atoms with E-state index in [4.69, 9.17) is 4.74 Å². The molecule has 1 fully saturated rings. The van der Waals surface area contributed by atoms with Crippen LogP contribution in [0.4, 0.5) is 0 Å². The third-order valence-corrected chi connectivity index (χ3v) is 8.40. The number of ketones is 1. The minimum atomic E-state index is -1.23. The van der Waals surface area contributed by atoms with Gasteiger partial charge in [0.1, 0.15) is 11.9 Å². The van der Waals surface area contributed by atoms with Crippen LogP contribution in [0.5, 0.6) is 0 Å². The Labute approximate surface area is 212 Å². The fraction of sp³-hybridized carbons (Fsp3) is 0.667. The molecule has 0 amide bonds. The molecule has 194 valence electrons. The summed E-state index contributed by atoms with van der Waals surface area (Å²) in [5.41, 5.74) is 1.66. The molecule has 7 nitrogen and oxygen atoms in total. The Morgan fingerprint density at radius 1 is 1.23 bits per heavy atom. The summed E-state index contributed by atoms with van der Waals surface area (Å²) in [4.78, 5) is 30.6. The van der Waals surface area contributed by atoms with Crippen LogP contribution in [0.15, 0.2) is 22.6 Å². The summed E-state index contributed by atoms with van der Waals surface area (Å²) >= 11 is 1.56. The molecule has 0 bridgehead atoms. The van der Waals surface area contributed by atoms with Gasteiger partial charge in [-0.1, -0.05) is 39.3 Å². The second kappa shape index (κ2) is 11.0. The quantitative estimate of drug-likeness (QED) is 0.318. The number of rotatable bonds is 2. The van der Waals surface area contributed by atoms with Crippen LogP contribution in [0.1, 0.15) is 71.5 Å². The number of aryl methyl sites for hydroxylation is 1. The zero-order valence-corrected chi connectivity index (χ0v) is 22.7. The van der Waals surface area contributed by atoms with Crippen molar-refractivity contribution in [3.63, 3.8) is 0 Å². The molecule has 0 aromatic carbocycles. The number of nitrogens with one attached hydrogen (secondary N) is 1. The van der Waals surface area contributed by atoms with Gasteiger partial charge >= 0.3 is 5.97 Å². The van der Waals surface area contributed by atoms with Crippen LogP contribution in [0.2, 0.25) is 0 Å². The topological polar surface area (TPSA) is 119 Å². The maximum Gasteiger partial charge on any atom is 0.309 e. The van der Waals surface area contributed by atoms with Crippen molar-refractivity contribution in [2.45, 2.75) is 98.1 Å². The largest absolute Gasteiger partial charge is 0.457 e. The predicted molar refractivity (Wildman–Crippen MR) is 138 cm³/mol. The predicted octanol–water partition coefficient (Wildman–Crippen LogP) is 3.83. The van der Waals surface area contributed by atoms with Gasteiger partial charge in [0.05, 0.1) is 34.7 Å². The highest BCUT2D eigenvalue weighted by atomic mass is 32.1. The van der Waals surface area contributed by atoms with Crippen LogP contribution in [-0.2, 0) is 14.3 Å². The first-order chi connectivity index (χ1) is 16.3. The van der Waals surface area contributed by atoms with E-state index in [-0.39, 0.29) is 30.2 Å². The molecule has 0 aliphatic carbocycles. The fourth-order valence-electron chi connectivity index (χ4n) is 4.93. The third kappa shape index (κ3) is 6.67. The number of ether oxygens (including phenoxy) is 1. The van der Waals surface area contributed by atoms with Crippen LogP contribution in [0.25, 0.3) is 6.08 Å². The maximum absolute atomic E-state index is 13.3.